The van der Waals surface area contributed by atoms with E-state index >= 15 is 0 Å². The zero-order chi connectivity index (χ0) is 19.1. The topological polar surface area (TPSA) is 122 Å². The van der Waals surface area contributed by atoms with Crippen molar-refractivity contribution in [1.82, 2.24) is 14.1 Å². The number of nitrogens with one attached hydrogen (secondary N) is 1. The molecule has 1 aliphatic heterocycles. The van der Waals surface area contributed by atoms with Gasteiger partial charge in [0, 0.05) is 31.8 Å². The van der Waals surface area contributed by atoms with E-state index in [2.05, 4.69) is 10.4 Å². The van der Waals surface area contributed by atoms with Gasteiger partial charge in [-0.1, -0.05) is 0 Å². The second kappa shape index (κ2) is 6.54. The van der Waals surface area contributed by atoms with Crippen molar-refractivity contribution in [2.75, 3.05) is 11.9 Å². The fraction of sp³-hybridized carbons (Fsp3) is 0.312. The van der Waals surface area contributed by atoms with E-state index in [9.17, 15) is 23.1 Å². The van der Waals surface area contributed by atoms with E-state index in [-0.39, 0.29) is 36.0 Å². The Hall–Kier alpha value is -2.72. The first-order valence-electron chi connectivity index (χ1n) is 7.86. The molecule has 138 valence electrons. The summed E-state index contributed by atoms with van der Waals surface area (Å²) in [5.41, 5.74) is 1.63. The average molecular weight is 378 g/mol. The molecule has 0 saturated heterocycles. The van der Waals surface area contributed by atoms with Crippen LogP contribution in [0.4, 0.5) is 5.69 Å². The number of hydrogen-bond acceptors (Lipinski definition) is 5. The van der Waals surface area contributed by atoms with Crippen molar-refractivity contribution in [2.24, 2.45) is 7.05 Å². The molecule has 0 saturated carbocycles. The van der Waals surface area contributed by atoms with Crippen LogP contribution in [0.25, 0.3) is 0 Å². The van der Waals surface area contributed by atoms with Crippen molar-refractivity contribution in [3.05, 3.63) is 41.2 Å². The molecular weight excluding hydrogens is 360 g/mol. The Morgan fingerprint density at radius 3 is 2.46 bits per heavy atom. The minimum Gasteiger partial charge on any atom is -0.476 e. The molecule has 1 amide bonds. The largest absolute Gasteiger partial charge is 0.476 e. The third-order valence-electron chi connectivity index (χ3n) is 4.23. The SMILES string of the molecule is CC(=O)Nc1ccc(S(=O)(=O)N2CCc3c(C(=O)O)nn(C)c3C2)cc1. The maximum Gasteiger partial charge on any atom is 0.356 e. The maximum atomic E-state index is 12.9. The third-order valence-corrected chi connectivity index (χ3v) is 6.09. The van der Waals surface area contributed by atoms with Crippen LogP contribution in [-0.4, -0.2) is 46.0 Å². The third kappa shape index (κ3) is 3.20. The molecule has 3 rings (SSSR count). The van der Waals surface area contributed by atoms with Gasteiger partial charge in [0.25, 0.3) is 0 Å². The second-order valence-corrected chi connectivity index (χ2v) is 7.93. The molecule has 0 atom stereocenters. The highest BCUT2D eigenvalue weighted by atomic mass is 32.2. The lowest BCUT2D eigenvalue weighted by Crippen LogP contribution is -2.36. The molecule has 26 heavy (non-hydrogen) atoms. The van der Waals surface area contributed by atoms with E-state index in [1.807, 2.05) is 0 Å². The molecule has 2 heterocycles. The lowest BCUT2D eigenvalue weighted by Gasteiger charge is -2.26. The number of benzene rings is 1. The Bertz CT molecular complexity index is 979. The van der Waals surface area contributed by atoms with Crippen LogP contribution in [0.5, 0.6) is 0 Å². The summed E-state index contributed by atoms with van der Waals surface area (Å²) in [6.07, 6.45) is 0.286. The minimum atomic E-state index is -3.75. The van der Waals surface area contributed by atoms with E-state index in [1.165, 1.54) is 40.2 Å². The lowest BCUT2D eigenvalue weighted by molar-refractivity contribution is -0.114. The summed E-state index contributed by atoms with van der Waals surface area (Å²) in [5.74, 6) is -1.36. The summed E-state index contributed by atoms with van der Waals surface area (Å²) in [6, 6.07) is 5.91. The Morgan fingerprint density at radius 1 is 1.23 bits per heavy atom. The quantitative estimate of drug-likeness (QED) is 0.812. The second-order valence-electron chi connectivity index (χ2n) is 6.00. The van der Waals surface area contributed by atoms with Gasteiger partial charge in [-0.2, -0.15) is 9.40 Å². The predicted octanol–water partition coefficient (Wildman–Crippen LogP) is 0.824. The van der Waals surface area contributed by atoms with Crippen molar-refractivity contribution in [2.45, 2.75) is 24.8 Å². The summed E-state index contributed by atoms with van der Waals surface area (Å²) in [7, 11) is -2.14. The van der Waals surface area contributed by atoms with Gasteiger partial charge in [-0.3, -0.25) is 9.48 Å². The van der Waals surface area contributed by atoms with Gasteiger partial charge in [0.2, 0.25) is 15.9 Å². The van der Waals surface area contributed by atoms with Crippen molar-refractivity contribution >= 4 is 27.6 Å². The van der Waals surface area contributed by atoms with Gasteiger partial charge in [0.15, 0.2) is 5.69 Å². The summed E-state index contributed by atoms with van der Waals surface area (Å²) in [4.78, 5) is 22.4. The Labute approximate surface area is 150 Å². The number of anilines is 1. The fourth-order valence-electron chi connectivity index (χ4n) is 2.99. The fourth-order valence-corrected chi connectivity index (χ4v) is 4.39. The molecule has 1 aromatic carbocycles. The number of amides is 1. The van der Waals surface area contributed by atoms with Gasteiger partial charge in [-0.25, -0.2) is 13.2 Å². The molecule has 0 radical (unpaired) electrons. The zero-order valence-corrected chi connectivity index (χ0v) is 15.1. The van der Waals surface area contributed by atoms with Crippen molar-refractivity contribution in [1.29, 1.82) is 0 Å². The van der Waals surface area contributed by atoms with E-state index in [0.717, 1.165) is 0 Å². The lowest BCUT2D eigenvalue weighted by atomic mass is 10.1. The molecule has 0 aliphatic carbocycles. The molecule has 0 spiro atoms. The Morgan fingerprint density at radius 2 is 1.88 bits per heavy atom. The Balaban J connectivity index is 1.87. The smallest absolute Gasteiger partial charge is 0.356 e. The molecule has 1 aliphatic rings. The van der Waals surface area contributed by atoms with Gasteiger partial charge >= 0.3 is 5.97 Å². The number of carboxylic acid groups (broad SMARTS) is 1. The minimum absolute atomic E-state index is 0.0285. The van der Waals surface area contributed by atoms with Crippen LogP contribution in [0.2, 0.25) is 0 Å². The van der Waals surface area contributed by atoms with Crippen LogP contribution in [0, 0.1) is 0 Å². The maximum absolute atomic E-state index is 12.9. The molecule has 1 aromatic heterocycles. The van der Waals surface area contributed by atoms with E-state index in [0.29, 0.717) is 16.9 Å². The standard InChI is InChI=1S/C16H18N4O5S/c1-10(21)17-11-3-5-12(6-4-11)26(24,25)20-8-7-13-14(9-20)19(2)18-15(13)16(22)23/h3-6H,7-9H2,1-2H3,(H,17,21)(H,22,23). The Kier molecular flexibility index (Phi) is 4.55. The van der Waals surface area contributed by atoms with Gasteiger partial charge in [0.05, 0.1) is 17.1 Å². The highest BCUT2D eigenvalue weighted by Crippen LogP contribution is 2.27. The zero-order valence-electron chi connectivity index (χ0n) is 14.3. The van der Waals surface area contributed by atoms with Gasteiger partial charge in [-0.05, 0) is 30.7 Å². The van der Waals surface area contributed by atoms with E-state index in [4.69, 9.17) is 0 Å². The number of rotatable bonds is 4. The van der Waals surface area contributed by atoms with Gasteiger partial charge in [0.1, 0.15) is 0 Å². The van der Waals surface area contributed by atoms with Crippen LogP contribution in [0.1, 0.15) is 28.7 Å². The number of carbonyl (C=O) groups is 2. The number of carbonyl (C=O) groups excluding carboxylic acids is 1. The highest BCUT2D eigenvalue weighted by molar-refractivity contribution is 7.89. The normalized spacial score (nSPS) is 14.7. The van der Waals surface area contributed by atoms with Crippen molar-refractivity contribution in [3.8, 4) is 0 Å². The van der Waals surface area contributed by atoms with Gasteiger partial charge in [-0.15, -0.1) is 0 Å². The number of aryl methyl sites for hydroxylation is 1. The number of aromatic nitrogens is 2. The van der Waals surface area contributed by atoms with E-state index < -0.39 is 16.0 Å². The molecule has 2 aromatic rings. The number of hydrogen-bond donors (Lipinski definition) is 2. The highest BCUT2D eigenvalue weighted by Gasteiger charge is 2.33. The summed E-state index contributed by atoms with van der Waals surface area (Å²) in [5, 5.41) is 15.8. The molecule has 10 heteroatoms. The van der Waals surface area contributed by atoms with Crippen LogP contribution in [0.3, 0.4) is 0 Å². The molecule has 0 fully saturated rings. The monoisotopic (exact) mass is 378 g/mol. The molecule has 0 bridgehead atoms. The summed E-state index contributed by atoms with van der Waals surface area (Å²) in [6.45, 7) is 1.60. The first kappa shape index (κ1) is 18.1. The van der Waals surface area contributed by atoms with E-state index in [1.54, 1.807) is 7.05 Å². The molecule has 2 N–H and O–H groups in total. The van der Waals surface area contributed by atoms with Crippen LogP contribution in [-0.2, 0) is 34.8 Å². The van der Waals surface area contributed by atoms with Crippen LogP contribution in [0.15, 0.2) is 29.2 Å². The number of sulfonamides is 1. The first-order valence-corrected chi connectivity index (χ1v) is 9.30. The van der Waals surface area contributed by atoms with Crippen molar-refractivity contribution in [3.63, 3.8) is 0 Å². The summed E-state index contributed by atoms with van der Waals surface area (Å²) >= 11 is 0. The number of nitrogens with zero attached hydrogens (tertiary/aromatic N) is 3. The number of aromatic carboxylic acids is 1. The number of carboxylic acids is 1. The average Bonchev–Trinajstić information content (AvgIpc) is 2.91. The predicted molar refractivity (Wildman–Crippen MR) is 92.2 cm³/mol. The van der Waals surface area contributed by atoms with Gasteiger partial charge < -0.3 is 10.4 Å². The van der Waals surface area contributed by atoms with Crippen molar-refractivity contribution < 1.29 is 23.1 Å². The van der Waals surface area contributed by atoms with Crippen LogP contribution < -0.4 is 5.32 Å². The number of fused-ring (bicyclic) bond motifs is 1. The first-order chi connectivity index (χ1) is 12.2. The van der Waals surface area contributed by atoms with Crippen LogP contribution >= 0.6 is 0 Å². The molecular formula is C16H18N4O5S. The molecule has 0 unspecified atom stereocenters. The summed E-state index contributed by atoms with van der Waals surface area (Å²) < 4.78 is 28.5. The molecule has 9 nitrogen and oxygen atoms in total.